The van der Waals surface area contributed by atoms with E-state index >= 15 is 0 Å². The number of hydrogen-bond acceptors (Lipinski definition) is 13. The van der Waals surface area contributed by atoms with E-state index in [-0.39, 0.29) is 49.1 Å². The van der Waals surface area contributed by atoms with E-state index in [1.165, 1.54) is 9.80 Å². The van der Waals surface area contributed by atoms with Gasteiger partial charge in [-0.25, -0.2) is 4.79 Å². The molecular weight excluding hydrogens is 640 g/mol. The number of phenols is 1. The highest BCUT2D eigenvalue weighted by Gasteiger charge is 2.63. The van der Waals surface area contributed by atoms with Crippen molar-refractivity contribution >= 4 is 35.2 Å². The van der Waals surface area contributed by atoms with E-state index in [0.29, 0.717) is 11.3 Å². The number of primary amides is 1. The average Bonchev–Trinajstić information content (AvgIpc) is 2.98. The Balaban J connectivity index is 1.84. The standard InChI is InChI=1S/C34H46N4O11/c1-9-21(39)48-15-49-32(46)38(14-33(2,3)4)13-17-12-20(36(5)6)18-10-16-11-19-25(37(7)8)28(42)24(31(35)45)30(44)34(19,47)29(43)22(16)27(41)23(18)26(17)40/h12,16,19,25,40,42-43,47H,9-11,13-15H2,1-8H3,(H2,35,45)/t16-,19-,25-,34-/m0/s1. The Bertz CT molecular complexity index is 1660. The third-order valence-corrected chi connectivity index (χ3v) is 9.24. The molecule has 0 spiro atoms. The first kappa shape index (κ1) is 37.2. The molecule has 15 nitrogen and oxygen atoms in total. The van der Waals surface area contributed by atoms with Crippen molar-refractivity contribution in [3.8, 4) is 5.75 Å². The number of allylic oxidation sites excluding steroid dienone is 1. The molecule has 0 aromatic heterocycles. The van der Waals surface area contributed by atoms with Gasteiger partial charge in [0.25, 0.3) is 5.91 Å². The number of aliphatic hydroxyl groups excluding tert-OH is 2. The Morgan fingerprint density at radius 2 is 1.69 bits per heavy atom. The second-order valence-corrected chi connectivity index (χ2v) is 14.4. The van der Waals surface area contributed by atoms with Crippen LogP contribution < -0.4 is 10.6 Å². The summed E-state index contributed by atoms with van der Waals surface area (Å²) in [6, 6.07) is 0.545. The fourth-order valence-corrected chi connectivity index (χ4v) is 7.17. The number of Topliss-reactive ketones (excluding diaryl/α,β-unsaturated/α-hetero) is 2. The minimum Gasteiger partial charge on any atom is -0.510 e. The first-order valence-electron chi connectivity index (χ1n) is 15.9. The number of nitrogens with zero attached hydrogens (tertiary/aromatic N) is 3. The molecule has 4 rings (SSSR count). The molecule has 49 heavy (non-hydrogen) atoms. The van der Waals surface area contributed by atoms with Gasteiger partial charge in [-0.05, 0) is 49.9 Å². The molecule has 1 aromatic rings. The Morgan fingerprint density at radius 1 is 1.06 bits per heavy atom. The number of anilines is 1. The van der Waals surface area contributed by atoms with Crippen LogP contribution in [0, 0.1) is 17.3 Å². The maximum atomic E-state index is 14.4. The Hall–Kier alpha value is -4.63. The van der Waals surface area contributed by atoms with Crippen LogP contribution >= 0.6 is 0 Å². The van der Waals surface area contributed by atoms with Crippen molar-refractivity contribution in [2.24, 2.45) is 23.0 Å². The Kier molecular flexibility index (Phi) is 10.1. The lowest BCUT2D eigenvalue weighted by molar-refractivity contribution is -0.152. The summed E-state index contributed by atoms with van der Waals surface area (Å²) < 4.78 is 10.1. The largest absolute Gasteiger partial charge is 0.510 e. The van der Waals surface area contributed by atoms with Crippen LogP contribution in [0.4, 0.5) is 10.5 Å². The number of fused-ring (bicyclic) bond motifs is 3. The number of likely N-dealkylation sites (N-methyl/N-ethyl adjacent to an activating group) is 1. The normalized spacial score (nSPS) is 23.5. The van der Waals surface area contributed by atoms with E-state index in [1.54, 1.807) is 46.1 Å². The number of phenolic OH excluding ortho intramolecular Hbond substituents is 1. The lowest BCUT2D eigenvalue weighted by Gasteiger charge is -2.50. The molecule has 15 heteroatoms. The number of aromatic hydroxyl groups is 1. The predicted octanol–water partition coefficient (Wildman–Crippen LogP) is 2.08. The number of ether oxygens (including phenoxy) is 2. The highest BCUT2D eigenvalue weighted by molar-refractivity contribution is 6.25. The molecule has 0 bridgehead atoms. The molecule has 3 aliphatic rings. The monoisotopic (exact) mass is 686 g/mol. The minimum absolute atomic E-state index is 0.0467. The van der Waals surface area contributed by atoms with Crippen molar-refractivity contribution in [2.45, 2.75) is 65.1 Å². The van der Waals surface area contributed by atoms with Crippen LogP contribution in [0.25, 0.3) is 0 Å². The number of carbonyl (C=O) groups excluding carboxylic acids is 5. The Morgan fingerprint density at radius 3 is 2.22 bits per heavy atom. The average molecular weight is 687 g/mol. The zero-order valence-corrected chi connectivity index (χ0v) is 29.1. The van der Waals surface area contributed by atoms with Crippen molar-refractivity contribution in [2.75, 3.05) is 46.4 Å². The van der Waals surface area contributed by atoms with E-state index in [2.05, 4.69) is 0 Å². The third kappa shape index (κ3) is 6.56. The van der Waals surface area contributed by atoms with Crippen molar-refractivity contribution in [1.29, 1.82) is 0 Å². The topological polar surface area (TPSA) is 220 Å². The van der Waals surface area contributed by atoms with Crippen LogP contribution in [0.15, 0.2) is 28.7 Å². The van der Waals surface area contributed by atoms with Crippen LogP contribution in [0.2, 0.25) is 0 Å². The molecule has 0 saturated carbocycles. The summed E-state index contributed by atoms with van der Waals surface area (Å²) >= 11 is 0. The van der Waals surface area contributed by atoms with Gasteiger partial charge < -0.3 is 45.4 Å². The molecule has 3 aliphatic carbocycles. The first-order chi connectivity index (χ1) is 22.7. The van der Waals surface area contributed by atoms with Crippen LogP contribution in [0.1, 0.15) is 62.0 Å². The van der Waals surface area contributed by atoms with Gasteiger partial charge in [-0.2, -0.15) is 0 Å². The summed E-state index contributed by atoms with van der Waals surface area (Å²) in [6.07, 6.45) is -0.682. The molecule has 0 radical (unpaired) electrons. The zero-order valence-electron chi connectivity index (χ0n) is 29.1. The molecule has 268 valence electrons. The molecule has 6 N–H and O–H groups in total. The van der Waals surface area contributed by atoms with Gasteiger partial charge in [-0.15, -0.1) is 0 Å². The molecule has 1 aromatic carbocycles. The number of rotatable bonds is 9. The maximum absolute atomic E-state index is 14.4. The van der Waals surface area contributed by atoms with Crippen molar-refractivity contribution < 1.29 is 53.9 Å². The van der Waals surface area contributed by atoms with Gasteiger partial charge in [0.05, 0.1) is 18.2 Å². The third-order valence-electron chi connectivity index (χ3n) is 9.24. The molecule has 0 aliphatic heterocycles. The molecule has 2 amide bonds. The van der Waals surface area contributed by atoms with Gasteiger partial charge in [-0.1, -0.05) is 27.7 Å². The van der Waals surface area contributed by atoms with Gasteiger partial charge in [0.1, 0.15) is 22.8 Å². The number of amides is 2. The number of nitrogens with two attached hydrogens (primary N) is 1. The molecule has 0 unspecified atom stereocenters. The highest BCUT2D eigenvalue weighted by Crippen LogP contribution is 2.53. The fraction of sp³-hybridized carbons (Fsp3) is 0.559. The van der Waals surface area contributed by atoms with Crippen LogP contribution in [0.3, 0.4) is 0 Å². The van der Waals surface area contributed by atoms with Gasteiger partial charge in [0.2, 0.25) is 12.6 Å². The lowest BCUT2D eigenvalue weighted by atomic mass is 9.58. The van der Waals surface area contributed by atoms with E-state index < -0.39 is 88.1 Å². The first-order valence-corrected chi connectivity index (χ1v) is 15.9. The second-order valence-electron chi connectivity index (χ2n) is 14.4. The molecular formula is C34H46N4O11. The quantitative estimate of drug-likeness (QED) is 0.143. The summed E-state index contributed by atoms with van der Waals surface area (Å²) in [5.41, 5.74) is 2.01. The number of hydrogen-bond donors (Lipinski definition) is 5. The SMILES string of the molecule is CCC(=O)OCOC(=O)N(Cc1cc(N(C)C)c2c(c1O)C(=O)C1=C(O)[C@]3(O)C(=O)C(C(N)=O)=C(O)[C@@H](N(C)C)[C@@H]3C[C@@H]1C2)CC(C)(C)C. The minimum atomic E-state index is -2.77. The van der Waals surface area contributed by atoms with Crippen molar-refractivity contribution in [3.63, 3.8) is 0 Å². The van der Waals surface area contributed by atoms with E-state index in [1.807, 2.05) is 20.8 Å². The summed E-state index contributed by atoms with van der Waals surface area (Å²) in [4.78, 5) is 69.5. The van der Waals surface area contributed by atoms with Crippen molar-refractivity contribution in [3.05, 3.63) is 45.4 Å². The van der Waals surface area contributed by atoms with E-state index in [4.69, 9.17) is 15.2 Å². The number of esters is 1. The maximum Gasteiger partial charge on any atom is 0.412 e. The van der Waals surface area contributed by atoms with E-state index in [9.17, 15) is 44.4 Å². The molecule has 0 fully saturated rings. The fourth-order valence-electron chi connectivity index (χ4n) is 7.17. The molecule has 4 atom stereocenters. The van der Waals surface area contributed by atoms with Gasteiger partial charge in [0, 0.05) is 49.8 Å². The van der Waals surface area contributed by atoms with Crippen LogP contribution in [-0.4, -0.2) is 113 Å². The molecule has 0 heterocycles. The van der Waals surface area contributed by atoms with Crippen LogP contribution in [-0.2, 0) is 36.8 Å². The number of aliphatic hydroxyl groups is 3. The highest BCUT2D eigenvalue weighted by atomic mass is 16.7. The predicted molar refractivity (Wildman–Crippen MR) is 176 cm³/mol. The van der Waals surface area contributed by atoms with Gasteiger partial charge >= 0.3 is 12.1 Å². The summed E-state index contributed by atoms with van der Waals surface area (Å²) in [5.74, 6) is -8.01. The summed E-state index contributed by atoms with van der Waals surface area (Å²) in [5, 5.41) is 46.2. The lowest BCUT2D eigenvalue weighted by Crippen LogP contribution is -2.63. The Labute approximate surface area is 284 Å². The van der Waals surface area contributed by atoms with Crippen molar-refractivity contribution in [1.82, 2.24) is 9.80 Å². The van der Waals surface area contributed by atoms with Gasteiger partial charge in [-0.3, -0.25) is 24.1 Å². The second kappa shape index (κ2) is 13.3. The van der Waals surface area contributed by atoms with E-state index in [0.717, 1.165) is 0 Å². The number of benzene rings is 1. The summed E-state index contributed by atoms with van der Waals surface area (Å²) in [6.45, 7) is 6.56. The van der Waals surface area contributed by atoms with Crippen LogP contribution in [0.5, 0.6) is 5.75 Å². The smallest absolute Gasteiger partial charge is 0.412 e. The zero-order chi connectivity index (χ0) is 36.9. The molecule has 0 saturated heterocycles. The summed E-state index contributed by atoms with van der Waals surface area (Å²) in [7, 11) is 6.60. The van der Waals surface area contributed by atoms with Gasteiger partial charge in [0.15, 0.2) is 11.4 Å². The number of ketones is 2. The number of carbonyl (C=O) groups is 5.